The molecule has 0 unspecified atom stereocenters. The van der Waals surface area contributed by atoms with E-state index in [0.717, 1.165) is 0 Å². The largest absolute Gasteiger partial charge is 0.492 e. The normalized spacial score (nSPS) is 10.7. The van der Waals surface area contributed by atoms with Crippen LogP contribution in [0.5, 0.6) is 5.75 Å². The van der Waals surface area contributed by atoms with Gasteiger partial charge in [0.2, 0.25) is 5.78 Å². The summed E-state index contributed by atoms with van der Waals surface area (Å²) in [6.45, 7) is 2.23. The van der Waals surface area contributed by atoms with E-state index in [1.807, 2.05) is 6.92 Å². The highest BCUT2D eigenvalue weighted by molar-refractivity contribution is 6.32. The van der Waals surface area contributed by atoms with Crippen molar-refractivity contribution in [2.24, 2.45) is 0 Å². The number of hydrogen-bond acceptors (Lipinski definition) is 6. The molecule has 0 radical (unpaired) electrons. The Balaban J connectivity index is 1.77. The number of ether oxygens (including phenoxy) is 1. The van der Waals surface area contributed by atoms with Crippen LogP contribution >= 0.6 is 11.6 Å². The summed E-state index contributed by atoms with van der Waals surface area (Å²) >= 11 is 6.23. The zero-order valence-electron chi connectivity index (χ0n) is 17.3. The van der Waals surface area contributed by atoms with E-state index in [9.17, 15) is 19.7 Å². The molecule has 0 aliphatic heterocycles. The van der Waals surface area contributed by atoms with E-state index in [1.165, 1.54) is 30.3 Å². The van der Waals surface area contributed by atoms with Crippen molar-refractivity contribution in [2.75, 3.05) is 11.9 Å². The number of amides is 1. The molecule has 0 saturated heterocycles. The van der Waals surface area contributed by atoms with Crippen molar-refractivity contribution >= 4 is 45.6 Å². The number of nitrogens with zero attached hydrogens (tertiary/aromatic N) is 1. The number of carbonyl (C=O) groups is 2. The predicted molar refractivity (Wildman–Crippen MR) is 123 cm³/mol. The van der Waals surface area contributed by atoms with Crippen LogP contribution in [0.2, 0.25) is 5.02 Å². The van der Waals surface area contributed by atoms with E-state index in [0.29, 0.717) is 23.3 Å². The van der Waals surface area contributed by atoms with Crippen molar-refractivity contribution in [2.45, 2.75) is 6.92 Å². The lowest BCUT2D eigenvalue weighted by molar-refractivity contribution is -0.385. The van der Waals surface area contributed by atoms with Crippen molar-refractivity contribution in [1.82, 2.24) is 0 Å². The standard InChI is InChI=1S/C24H17ClN2O6/c1-2-32-20-12-11-14(13-17(20)25)22(28)23-21(16-8-4-6-10-19(16)33-23)26-24(29)15-7-3-5-9-18(15)27(30)31/h3-13H,2H2,1H3,(H,26,29). The molecule has 1 aromatic heterocycles. The van der Waals surface area contributed by atoms with Crippen molar-refractivity contribution < 1.29 is 23.7 Å². The smallest absolute Gasteiger partial charge is 0.282 e. The minimum Gasteiger partial charge on any atom is -0.492 e. The van der Waals surface area contributed by atoms with E-state index in [-0.39, 0.29) is 33.3 Å². The Morgan fingerprint density at radius 2 is 1.82 bits per heavy atom. The molecule has 4 aromatic rings. The Labute approximate surface area is 192 Å². The average molecular weight is 465 g/mol. The molecule has 33 heavy (non-hydrogen) atoms. The molecule has 0 spiro atoms. The molecule has 0 saturated carbocycles. The molecule has 4 rings (SSSR count). The van der Waals surface area contributed by atoms with Crippen LogP contribution in [0.1, 0.15) is 33.4 Å². The Morgan fingerprint density at radius 3 is 2.55 bits per heavy atom. The molecule has 8 nitrogen and oxygen atoms in total. The first-order valence-electron chi connectivity index (χ1n) is 9.94. The topological polar surface area (TPSA) is 112 Å². The van der Waals surface area contributed by atoms with E-state index < -0.39 is 16.6 Å². The Kier molecular flexibility index (Phi) is 6.10. The van der Waals surface area contributed by atoms with Crippen LogP contribution in [0.15, 0.2) is 71.1 Å². The van der Waals surface area contributed by atoms with Crippen LogP contribution in [0.25, 0.3) is 11.0 Å². The highest BCUT2D eigenvalue weighted by Crippen LogP contribution is 2.34. The maximum Gasteiger partial charge on any atom is 0.282 e. The number of carbonyl (C=O) groups excluding carboxylic acids is 2. The molecule has 3 aromatic carbocycles. The minimum atomic E-state index is -0.743. The van der Waals surface area contributed by atoms with E-state index >= 15 is 0 Å². The van der Waals surface area contributed by atoms with Gasteiger partial charge in [0.15, 0.2) is 5.76 Å². The highest BCUT2D eigenvalue weighted by Gasteiger charge is 2.26. The van der Waals surface area contributed by atoms with Crippen LogP contribution in [0.4, 0.5) is 11.4 Å². The number of anilines is 1. The first-order valence-corrected chi connectivity index (χ1v) is 10.3. The molecule has 0 aliphatic carbocycles. The minimum absolute atomic E-state index is 0.115. The summed E-state index contributed by atoms with van der Waals surface area (Å²) in [5, 5.41) is 14.7. The zero-order valence-corrected chi connectivity index (χ0v) is 18.1. The van der Waals surface area contributed by atoms with Gasteiger partial charge in [-0.3, -0.25) is 19.7 Å². The second-order valence-corrected chi connectivity index (χ2v) is 7.35. The number of furan rings is 1. The predicted octanol–water partition coefficient (Wildman–Crippen LogP) is 5.88. The molecular weight excluding hydrogens is 448 g/mol. The molecule has 9 heteroatoms. The van der Waals surface area contributed by atoms with Crippen molar-refractivity contribution in [3.63, 3.8) is 0 Å². The number of nitrogens with one attached hydrogen (secondary N) is 1. The van der Waals surface area contributed by atoms with Crippen LogP contribution < -0.4 is 10.1 Å². The third-order valence-electron chi connectivity index (χ3n) is 4.88. The number of fused-ring (bicyclic) bond motifs is 1. The number of nitro groups is 1. The fourth-order valence-corrected chi connectivity index (χ4v) is 3.62. The lowest BCUT2D eigenvalue weighted by Crippen LogP contribution is -2.16. The summed E-state index contributed by atoms with van der Waals surface area (Å²) in [6.07, 6.45) is 0. The fraction of sp³-hybridized carbons (Fsp3) is 0.0833. The number of rotatable bonds is 7. The van der Waals surface area contributed by atoms with Gasteiger partial charge in [-0.2, -0.15) is 0 Å². The summed E-state index contributed by atoms with van der Waals surface area (Å²) in [7, 11) is 0. The lowest BCUT2D eigenvalue weighted by Gasteiger charge is -2.08. The van der Waals surface area contributed by atoms with Crippen molar-refractivity contribution in [3.8, 4) is 5.75 Å². The van der Waals surface area contributed by atoms with Gasteiger partial charge in [0, 0.05) is 17.0 Å². The number of ketones is 1. The highest BCUT2D eigenvalue weighted by atomic mass is 35.5. The van der Waals surface area contributed by atoms with E-state index in [1.54, 1.807) is 36.4 Å². The molecule has 0 aliphatic rings. The summed E-state index contributed by atoms with van der Waals surface area (Å²) in [4.78, 5) is 37.0. The van der Waals surface area contributed by atoms with Crippen molar-refractivity contribution in [3.05, 3.63) is 98.8 Å². The molecule has 0 atom stereocenters. The summed E-state index contributed by atoms with van der Waals surface area (Å²) in [5.41, 5.74) is 0.215. The van der Waals surface area contributed by atoms with E-state index in [2.05, 4.69) is 5.32 Å². The average Bonchev–Trinajstić information content (AvgIpc) is 3.18. The third-order valence-corrected chi connectivity index (χ3v) is 5.17. The second-order valence-electron chi connectivity index (χ2n) is 6.94. The summed E-state index contributed by atoms with van der Waals surface area (Å²) in [5.74, 6) is -0.949. The van der Waals surface area contributed by atoms with Gasteiger partial charge in [-0.25, -0.2) is 0 Å². The molecule has 1 amide bonds. The van der Waals surface area contributed by atoms with Gasteiger partial charge in [-0.15, -0.1) is 0 Å². The molecule has 166 valence electrons. The Hall–Kier alpha value is -4.17. The number of benzene rings is 3. The molecule has 0 bridgehead atoms. The quantitative estimate of drug-likeness (QED) is 0.208. The third kappa shape index (κ3) is 4.28. The van der Waals surface area contributed by atoms with Crippen LogP contribution in [0, 0.1) is 10.1 Å². The van der Waals surface area contributed by atoms with Gasteiger partial charge < -0.3 is 14.5 Å². The molecular formula is C24H17ClN2O6. The van der Waals surface area contributed by atoms with Gasteiger partial charge in [0.25, 0.3) is 11.6 Å². The van der Waals surface area contributed by atoms with Gasteiger partial charge in [-0.05, 0) is 43.3 Å². The molecule has 0 fully saturated rings. The number of halogens is 1. The lowest BCUT2D eigenvalue weighted by atomic mass is 10.1. The van der Waals surface area contributed by atoms with Gasteiger partial charge in [0.05, 0.1) is 22.2 Å². The number of hydrogen-bond donors (Lipinski definition) is 1. The van der Waals surface area contributed by atoms with Gasteiger partial charge in [0.1, 0.15) is 16.9 Å². The SMILES string of the molecule is CCOc1ccc(C(=O)c2oc3ccccc3c2NC(=O)c2ccccc2[N+](=O)[O-])cc1Cl. The number of para-hydroxylation sites is 2. The van der Waals surface area contributed by atoms with Crippen molar-refractivity contribution in [1.29, 1.82) is 0 Å². The van der Waals surface area contributed by atoms with Crippen LogP contribution in [-0.2, 0) is 0 Å². The van der Waals surface area contributed by atoms with Gasteiger partial charge in [-0.1, -0.05) is 35.9 Å². The summed E-state index contributed by atoms with van der Waals surface area (Å²) < 4.78 is 11.2. The maximum atomic E-state index is 13.3. The van der Waals surface area contributed by atoms with Crippen LogP contribution in [-0.4, -0.2) is 23.2 Å². The summed E-state index contributed by atoms with van der Waals surface area (Å²) in [6, 6.07) is 16.9. The molecule has 1 N–H and O–H groups in total. The fourth-order valence-electron chi connectivity index (χ4n) is 3.38. The first-order chi connectivity index (χ1) is 15.9. The van der Waals surface area contributed by atoms with E-state index in [4.69, 9.17) is 20.8 Å². The van der Waals surface area contributed by atoms with Crippen LogP contribution in [0.3, 0.4) is 0 Å². The second kappa shape index (κ2) is 9.13. The first kappa shape index (κ1) is 22.0. The maximum absolute atomic E-state index is 13.3. The molecule has 1 heterocycles. The Bertz CT molecular complexity index is 1390. The monoisotopic (exact) mass is 464 g/mol. The number of nitro benzene ring substituents is 1. The zero-order chi connectivity index (χ0) is 23.5. The van der Waals surface area contributed by atoms with Gasteiger partial charge >= 0.3 is 0 Å². The Morgan fingerprint density at radius 1 is 1.09 bits per heavy atom.